The molecule has 0 heterocycles. The van der Waals surface area contributed by atoms with Crippen molar-refractivity contribution in [2.24, 2.45) is 0 Å². The summed E-state index contributed by atoms with van der Waals surface area (Å²) in [6.07, 6.45) is 90.3. The Bertz CT molecular complexity index is 1520. The fourth-order valence-electron chi connectivity index (χ4n) is 9.93. The van der Waals surface area contributed by atoms with E-state index in [-0.39, 0.29) is 31.1 Å². The zero-order valence-corrected chi connectivity index (χ0v) is 53.1. The van der Waals surface area contributed by atoms with Crippen LogP contribution in [0, 0.1) is 0 Å². The van der Waals surface area contributed by atoms with Crippen molar-refractivity contribution < 1.29 is 28.6 Å². The lowest BCUT2D eigenvalue weighted by Gasteiger charge is -2.18. The van der Waals surface area contributed by atoms with E-state index in [9.17, 15) is 14.4 Å². The first-order valence-corrected chi connectivity index (χ1v) is 34.6. The summed E-state index contributed by atoms with van der Waals surface area (Å²) < 4.78 is 17.0. The van der Waals surface area contributed by atoms with E-state index in [4.69, 9.17) is 14.2 Å². The van der Waals surface area contributed by atoms with Crippen molar-refractivity contribution >= 4 is 17.9 Å². The summed E-state index contributed by atoms with van der Waals surface area (Å²) in [6.45, 7) is 6.54. The molecule has 0 aromatic rings. The molecule has 80 heavy (non-hydrogen) atoms. The highest BCUT2D eigenvalue weighted by molar-refractivity contribution is 5.71. The first-order chi connectivity index (χ1) is 39.5. The van der Waals surface area contributed by atoms with E-state index in [2.05, 4.69) is 106 Å². The molecule has 0 N–H and O–H groups in total. The van der Waals surface area contributed by atoms with Crippen molar-refractivity contribution in [3.63, 3.8) is 0 Å². The Balaban J connectivity index is 4.31. The lowest BCUT2D eigenvalue weighted by atomic mass is 10.0. The van der Waals surface area contributed by atoms with Crippen molar-refractivity contribution in [3.8, 4) is 0 Å². The minimum atomic E-state index is -0.783. The molecule has 0 spiro atoms. The summed E-state index contributed by atoms with van der Waals surface area (Å²) in [4.78, 5) is 38.4. The number of rotatable bonds is 63. The van der Waals surface area contributed by atoms with E-state index in [0.717, 1.165) is 96.3 Å². The number of hydrogen-bond donors (Lipinski definition) is 0. The van der Waals surface area contributed by atoms with Crippen LogP contribution in [0.2, 0.25) is 0 Å². The quantitative estimate of drug-likeness (QED) is 0.0261. The molecule has 0 bridgehead atoms. The molecule has 0 aromatic carbocycles. The molecule has 0 aromatic heterocycles. The Kier molecular flexibility index (Phi) is 65.2. The van der Waals surface area contributed by atoms with Crippen LogP contribution in [0.3, 0.4) is 0 Å². The molecule has 0 aliphatic heterocycles. The standard InChI is InChI=1S/C74H130O6/c1-4-7-10-13-16-19-22-25-28-30-32-34-36-37-39-40-42-44-46-49-52-55-58-61-64-67-73(76)79-70-71(69-78-72(75)66-63-60-57-54-51-48-27-24-21-18-15-12-9-6-3)80-74(77)68-65-62-59-56-53-50-47-45-43-41-38-35-33-31-29-26-23-20-17-14-11-8-5-2/h7,10,16,19,23-28,31-34,71H,4-6,8-9,11-15,17-18,20-22,29-30,35-70H2,1-3H3/b10-7-,19-16-,26-23-,27-24-,28-25-,33-31-,34-32-. The van der Waals surface area contributed by atoms with Gasteiger partial charge in [0.25, 0.3) is 0 Å². The van der Waals surface area contributed by atoms with E-state index in [1.165, 1.54) is 212 Å². The molecule has 1 unspecified atom stereocenters. The fourth-order valence-corrected chi connectivity index (χ4v) is 9.93. The van der Waals surface area contributed by atoms with Gasteiger partial charge in [0.2, 0.25) is 0 Å². The Morgan fingerprint density at radius 3 is 0.775 bits per heavy atom. The third kappa shape index (κ3) is 65.4. The van der Waals surface area contributed by atoms with Crippen molar-refractivity contribution in [2.45, 2.75) is 354 Å². The van der Waals surface area contributed by atoms with Gasteiger partial charge in [0.15, 0.2) is 6.10 Å². The van der Waals surface area contributed by atoms with Crippen LogP contribution in [0.5, 0.6) is 0 Å². The van der Waals surface area contributed by atoms with Crippen molar-refractivity contribution in [1.29, 1.82) is 0 Å². The molecular formula is C74H130O6. The second kappa shape index (κ2) is 68.1. The van der Waals surface area contributed by atoms with Crippen LogP contribution in [0.25, 0.3) is 0 Å². The van der Waals surface area contributed by atoms with Crippen LogP contribution in [0.15, 0.2) is 85.1 Å². The normalized spacial score (nSPS) is 12.6. The van der Waals surface area contributed by atoms with Gasteiger partial charge in [-0.15, -0.1) is 0 Å². The highest BCUT2D eigenvalue weighted by atomic mass is 16.6. The predicted molar refractivity (Wildman–Crippen MR) is 348 cm³/mol. The minimum absolute atomic E-state index is 0.0787. The molecule has 0 fully saturated rings. The smallest absolute Gasteiger partial charge is 0.306 e. The summed E-state index contributed by atoms with van der Waals surface area (Å²) in [5.74, 6) is -0.874. The summed E-state index contributed by atoms with van der Waals surface area (Å²) in [5, 5.41) is 0. The van der Waals surface area contributed by atoms with Gasteiger partial charge in [0, 0.05) is 19.3 Å². The van der Waals surface area contributed by atoms with Crippen LogP contribution >= 0.6 is 0 Å². The molecule has 0 saturated heterocycles. The summed E-state index contributed by atoms with van der Waals surface area (Å²) in [7, 11) is 0. The maximum atomic E-state index is 13.0. The summed E-state index contributed by atoms with van der Waals surface area (Å²) in [6, 6.07) is 0. The Morgan fingerprint density at radius 1 is 0.263 bits per heavy atom. The second-order valence-electron chi connectivity index (χ2n) is 23.1. The van der Waals surface area contributed by atoms with Gasteiger partial charge in [-0.1, -0.05) is 298 Å². The fraction of sp³-hybridized carbons (Fsp3) is 0.770. The maximum absolute atomic E-state index is 13.0. The molecule has 0 radical (unpaired) electrons. The number of carbonyl (C=O) groups is 3. The van der Waals surface area contributed by atoms with E-state index < -0.39 is 6.10 Å². The largest absolute Gasteiger partial charge is 0.462 e. The van der Waals surface area contributed by atoms with Crippen LogP contribution in [0.1, 0.15) is 348 Å². The molecule has 6 heteroatoms. The number of esters is 3. The number of ether oxygens (including phenoxy) is 3. The van der Waals surface area contributed by atoms with Gasteiger partial charge in [-0.25, -0.2) is 0 Å². The molecule has 6 nitrogen and oxygen atoms in total. The number of hydrogen-bond acceptors (Lipinski definition) is 6. The van der Waals surface area contributed by atoms with E-state index in [1.807, 2.05) is 0 Å². The average Bonchev–Trinajstić information content (AvgIpc) is 3.46. The van der Waals surface area contributed by atoms with Gasteiger partial charge < -0.3 is 14.2 Å². The third-order valence-corrected chi connectivity index (χ3v) is 15.1. The molecule has 0 saturated carbocycles. The Morgan fingerprint density at radius 2 is 0.487 bits per heavy atom. The zero-order valence-electron chi connectivity index (χ0n) is 53.1. The maximum Gasteiger partial charge on any atom is 0.306 e. The summed E-state index contributed by atoms with van der Waals surface area (Å²) >= 11 is 0. The average molecular weight is 1120 g/mol. The van der Waals surface area contributed by atoms with E-state index in [1.54, 1.807) is 0 Å². The predicted octanol–water partition coefficient (Wildman–Crippen LogP) is 23.8. The Hall–Kier alpha value is -3.41. The van der Waals surface area contributed by atoms with Crippen molar-refractivity contribution in [2.75, 3.05) is 13.2 Å². The first kappa shape index (κ1) is 76.6. The topological polar surface area (TPSA) is 78.9 Å². The minimum Gasteiger partial charge on any atom is -0.462 e. The third-order valence-electron chi connectivity index (χ3n) is 15.1. The number of allylic oxidation sites excluding steroid dienone is 14. The van der Waals surface area contributed by atoms with Crippen LogP contribution in [-0.4, -0.2) is 37.2 Å². The van der Waals surface area contributed by atoms with Gasteiger partial charge in [-0.3, -0.25) is 14.4 Å². The monoisotopic (exact) mass is 1110 g/mol. The number of unbranched alkanes of at least 4 members (excludes halogenated alkanes) is 38. The molecule has 1 atom stereocenters. The lowest BCUT2D eigenvalue weighted by molar-refractivity contribution is -0.167. The molecule has 0 amide bonds. The second-order valence-corrected chi connectivity index (χ2v) is 23.1. The lowest BCUT2D eigenvalue weighted by Crippen LogP contribution is -2.30. The van der Waals surface area contributed by atoms with Crippen LogP contribution < -0.4 is 0 Å². The van der Waals surface area contributed by atoms with Crippen molar-refractivity contribution in [1.82, 2.24) is 0 Å². The molecule has 0 rings (SSSR count). The van der Waals surface area contributed by atoms with E-state index in [0.29, 0.717) is 19.3 Å². The highest BCUT2D eigenvalue weighted by Gasteiger charge is 2.19. The van der Waals surface area contributed by atoms with E-state index >= 15 is 0 Å². The van der Waals surface area contributed by atoms with Gasteiger partial charge in [0.05, 0.1) is 0 Å². The summed E-state index contributed by atoms with van der Waals surface area (Å²) in [5.41, 5.74) is 0. The van der Waals surface area contributed by atoms with Gasteiger partial charge >= 0.3 is 17.9 Å². The Labute approximate surface area is 496 Å². The number of carbonyl (C=O) groups excluding carboxylic acids is 3. The molecule has 0 aliphatic rings. The SMILES string of the molecule is CC/C=C\C/C=C\C/C=C\C/C=C\CCCCCCCCCCCCCCC(=O)OCC(COC(=O)CCCCCCC/C=C\CCCCCCC)OC(=O)CCCCCCCCCCCCC/C=C\C/C=C\CCCCCCC. The van der Waals surface area contributed by atoms with Gasteiger partial charge in [0.1, 0.15) is 13.2 Å². The zero-order chi connectivity index (χ0) is 57.8. The van der Waals surface area contributed by atoms with Crippen LogP contribution in [0.4, 0.5) is 0 Å². The van der Waals surface area contributed by atoms with Crippen LogP contribution in [-0.2, 0) is 28.6 Å². The highest BCUT2D eigenvalue weighted by Crippen LogP contribution is 2.17. The molecule has 0 aliphatic carbocycles. The van der Waals surface area contributed by atoms with Gasteiger partial charge in [-0.2, -0.15) is 0 Å². The molecular weight excluding hydrogens is 985 g/mol. The molecule has 462 valence electrons. The van der Waals surface area contributed by atoms with Crippen molar-refractivity contribution in [3.05, 3.63) is 85.1 Å². The first-order valence-electron chi connectivity index (χ1n) is 34.6. The van der Waals surface area contributed by atoms with Gasteiger partial charge in [-0.05, 0) is 116 Å².